The van der Waals surface area contributed by atoms with Gasteiger partial charge < -0.3 is 20.7 Å². The van der Waals surface area contributed by atoms with Crippen LogP contribution >= 0.6 is 0 Å². The fourth-order valence-electron chi connectivity index (χ4n) is 2.15. The van der Waals surface area contributed by atoms with Crippen molar-refractivity contribution in [3.8, 4) is 0 Å². The van der Waals surface area contributed by atoms with Crippen molar-refractivity contribution < 1.29 is 14.3 Å². The summed E-state index contributed by atoms with van der Waals surface area (Å²) in [5.41, 5.74) is 5.48. The normalized spacial score (nSPS) is 18.5. The van der Waals surface area contributed by atoms with Crippen LogP contribution in [0.3, 0.4) is 0 Å². The Hall–Kier alpha value is -1.14. The van der Waals surface area contributed by atoms with Gasteiger partial charge in [0.25, 0.3) is 5.91 Å². The van der Waals surface area contributed by atoms with E-state index in [0.29, 0.717) is 25.6 Å². The Morgan fingerprint density at radius 3 is 2.50 bits per heavy atom. The third-order valence-electron chi connectivity index (χ3n) is 3.34. The maximum Gasteiger partial charge on any atom is 0.253 e. The standard InChI is InChI=1S/C12H23N3O3/c1-9(16)14-8-10-3-5-15(6-4-10)12(17)11(7-13)18-2/h10-11H,3-8,13H2,1-2H3,(H,14,16). The van der Waals surface area contributed by atoms with Gasteiger partial charge in [0.1, 0.15) is 6.10 Å². The summed E-state index contributed by atoms with van der Waals surface area (Å²) in [5.74, 6) is 0.422. The highest BCUT2D eigenvalue weighted by Crippen LogP contribution is 2.17. The fraction of sp³-hybridized carbons (Fsp3) is 0.833. The Balaban J connectivity index is 2.34. The largest absolute Gasteiger partial charge is 0.370 e. The van der Waals surface area contributed by atoms with Crippen LogP contribution in [0, 0.1) is 5.92 Å². The van der Waals surface area contributed by atoms with Gasteiger partial charge in [0, 0.05) is 40.2 Å². The van der Waals surface area contributed by atoms with Gasteiger partial charge in [-0.05, 0) is 18.8 Å². The number of amides is 2. The van der Waals surface area contributed by atoms with Crippen molar-refractivity contribution in [2.24, 2.45) is 11.7 Å². The second kappa shape index (κ2) is 7.33. The van der Waals surface area contributed by atoms with Crippen LogP contribution in [0.4, 0.5) is 0 Å². The third kappa shape index (κ3) is 4.27. The minimum Gasteiger partial charge on any atom is -0.370 e. The number of ether oxygens (including phenoxy) is 1. The monoisotopic (exact) mass is 257 g/mol. The van der Waals surface area contributed by atoms with Gasteiger partial charge in [-0.3, -0.25) is 9.59 Å². The molecule has 1 rings (SSSR count). The zero-order chi connectivity index (χ0) is 13.5. The molecule has 0 aromatic heterocycles. The average Bonchev–Trinajstić information content (AvgIpc) is 2.38. The molecule has 0 aliphatic carbocycles. The number of nitrogens with two attached hydrogens (primary N) is 1. The number of nitrogens with one attached hydrogen (secondary N) is 1. The molecular formula is C12H23N3O3. The van der Waals surface area contributed by atoms with Gasteiger partial charge in [0.15, 0.2) is 0 Å². The maximum atomic E-state index is 12.0. The van der Waals surface area contributed by atoms with E-state index in [9.17, 15) is 9.59 Å². The molecule has 1 aliphatic heterocycles. The van der Waals surface area contributed by atoms with Crippen LogP contribution in [0.15, 0.2) is 0 Å². The summed E-state index contributed by atoms with van der Waals surface area (Å²) in [6.45, 7) is 3.85. The van der Waals surface area contributed by atoms with Gasteiger partial charge in [0.05, 0.1) is 0 Å². The number of nitrogens with zero attached hydrogens (tertiary/aromatic N) is 1. The summed E-state index contributed by atoms with van der Waals surface area (Å²) in [5, 5.41) is 2.82. The van der Waals surface area contributed by atoms with Gasteiger partial charge in [-0.15, -0.1) is 0 Å². The van der Waals surface area contributed by atoms with Crippen molar-refractivity contribution in [3.05, 3.63) is 0 Å². The van der Waals surface area contributed by atoms with E-state index in [1.54, 1.807) is 4.90 Å². The van der Waals surface area contributed by atoms with Crippen LogP contribution < -0.4 is 11.1 Å². The molecular weight excluding hydrogens is 234 g/mol. The van der Waals surface area contributed by atoms with Crippen LogP contribution in [-0.2, 0) is 14.3 Å². The summed E-state index contributed by atoms with van der Waals surface area (Å²) >= 11 is 0. The minimum absolute atomic E-state index is 0.00363. The summed E-state index contributed by atoms with van der Waals surface area (Å²) in [7, 11) is 1.50. The van der Waals surface area contributed by atoms with Gasteiger partial charge in [-0.25, -0.2) is 0 Å². The first-order valence-electron chi connectivity index (χ1n) is 6.34. The first-order chi connectivity index (χ1) is 8.58. The summed E-state index contributed by atoms with van der Waals surface area (Å²) in [6, 6.07) is 0. The lowest BCUT2D eigenvalue weighted by molar-refractivity contribution is -0.142. The molecule has 0 radical (unpaired) electrons. The second-order valence-electron chi connectivity index (χ2n) is 4.67. The predicted molar refractivity (Wildman–Crippen MR) is 67.8 cm³/mol. The van der Waals surface area contributed by atoms with E-state index in [2.05, 4.69) is 5.32 Å². The SMILES string of the molecule is COC(CN)C(=O)N1CCC(CNC(C)=O)CC1. The van der Waals surface area contributed by atoms with E-state index in [1.165, 1.54) is 14.0 Å². The van der Waals surface area contributed by atoms with Crippen LogP contribution in [0.25, 0.3) is 0 Å². The molecule has 1 saturated heterocycles. The molecule has 6 nitrogen and oxygen atoms in total. The lowest BCUT2D eigenvalue weighted by Gasteiger charge is -2.33. The number of hydrogen-bond donors (Lipinski definition) is 2. The van der Waals surface area contributed by atoms with Gasteiger partial charge in [-0.1, -0.05) is 0 Å². The Morgan fingerprint density at radius 2 is 2.06 bits per heavy atom. The van der Waals surface area contributed by atoms with Crippen LogP contribution in [0.5, 0.6) is 0 Å². The summed E-state index contributed by atoms with van der Waals surface area (Å²) in [6.07, 6.45) is 1.29. The molecule has 0 bridgehead atoms. The Bertz CT molecular complexity index is 284. The molecule has 0 saturated carbocycles. The Morgan fingerprint density at radius 1 is 1.44 bits per heavy atom. The lowest BCUT2D eigenvalue weighted by atomic mass is 9.96. The number of hydrogen-bond acceptors (Lipinski definition) is 4. The van der Waals surface area contributed by atoms with E-state index >= 15 is 0 Å². The Labute approximate surface area is 108 Å². The van der Waals surface area contributed by atoms with Gasteiger partial charge >= 0.3 is 0 Å². The molecule has 0 aromatic rings. The van der Waals surface area contributed by atoms with E-state index in [-0.39, 0.29) is 18.4 Å². The second-order valence-corrected chi connectivity index (χ2v) is 4.67. The number of methoxy groups -OCH3 is 1. The van der Waals surface area contributed by atoms with Crippen LogP contribution in [0.1, 0.15) is 19.8 Å². The first-order valence-corrected chi connectivity index (χ1v) is 6.34. The summed E-state index contributed by atoms with van der Waals surface area (Å²) in [4.78, 5) is 24.6. The van der Waals surface area contributed by atoms with E-state index in [0.717, 1.165) is 12.8 Å². The fourth-order valence-corrected chi connectivity index (χ4v) is 2.15. The molecule has 1 fully saturated rings. The quantitative estimate of drug-likeness (QED) is 0.684. The van der Waals surface area contributed by atoms with Crippen molar-refractivity contribution in [1.82, 2.24) is 10.2 Å². The molecule has 104 valence electrons. The van der Waals surface area contributed by atoms with Crippen molar-refractivity contribution in [2.45, 2.75) is 25.9 Å². The third-order valence-corrected chi connectivity index (χ3v) is 3.34. The molecule has 6 heteroatoms. The molecule has 3 N–H and O–H groups in total. The number of rotatable bonds is 5. The molecule has 0 spiro atoms. The zero-order valence-corrected chi connectivity index (χ0v) is 11.1. The zero-order valence-electron chi connectivity index (χ0n) is 11.1. The molecule has 18 heavy (non-hydrogen) atoms. The Kier molecular flexibility index (Phi) is 6.07. The average molecular weight is 257 g/mol. The van der Waals surface area contributed by atoms with E-state index < -0.39 is 6.10 Å². The predicted octanol–water partition coefficient (Wildman–Crippen LogP) is -0.665. The topological polar surface area (TPSA) is 84.7 Å². The molecule has 1 atom stereocenters. The molecule has 1 unspecified atom stereocenters. The highest BCUT2D eigenvalue weighted by atomic mass is 16.5. The minimum atomic E-state index is -0.531. The van der Waals surface area contributed by atoms with E-state index in [4.69, 9.17) is 10.5 Å². The van der Waals surface area contributed by atoms with Crippen LogP contribution in [-0.4, -0.2) is 56.1 Å². The molecule has 1 heterocycles. The summed E-state index contributed by atoms with van der Waals surface area (Å²) < 4.78 is 5.05. The van der Waals surface area contributed by atoms with Gasteiger partial charge in [-0.2, -0.15) is 0 Å². The number of carbonyl (C=O) groups is 2. The first kappa shape index (κ1) is 14.9. The van der Waals surface area contributed by atoms with Gasteiger partial charge in [0.2, 0.25) is 5.91 Å². The van der Waals surface area contributed by atoms with Crippen molar-refractivity contribution in [2.75, 3.05) is 33.3 Å². The highest BCUT2D eigenvalue weighted by Gasteiger charge is 2.27. The van der Waals surface area contributed by atoms with Crippen molar-refractivity contribution >= 4 is 11.8 Å². The number of carbonyl (C=O) groups excluding carboxylic acids is 2. The van der Waals surface area contributed by atoms with Crippen LogP contribution in [0.2, 0.25) is 0 Å². The molecule has 2 amide bonds. The lowest BCUT2D eigenvalue weighted by Crippen LogP contribution is -2.48. The number of piperidine rings is 1. The highest BCUT2D eigenvalue weighted by molar-refractivity contribution is 5.81. The van der Waals surface area contributed by atoms with Crippen molar-refractivity contribution in [3.63, 3.8) is 0 Å². The van der Waals surface area contributed by atoms with E-state index in [1.807, 2.05) is 0 Å². The number of likely N-dealkylation sites (tertiary alicyclic amines) is 1. The molecule has 1 aliphatic rings. The molecule has 0 aromatic carbocycles. The smallest absolute Gasteiger partial charge is 0.253 e. The van der Waals surface area contributed by atoms with Crippen molar-refractivity contribution in [1.29, 1.82) is 0 Å². The maximum absolute atomic E-state index is 12.0.